The van der Waals surface area contributed by atoms with E-state index >= 15 is 0 Å². The normalized spacial score (nSPS) is 16.4. The van der Waals surface area contributed by atoms with E-state index in [1.807, 2.05) is 38.6 Å². The molecule has 1 amide bonds. The molecule has 0 atom stereocenters. The minimum Gasteiger partial charge on any atom is -0.467 e. The van der Waals surface area contributed by atoms with Gasteiger partial charge in [-0.1, -0.05) is 0 Å². The van der Waals surface area contributed by atoms with Gasteiger partial charge in [0.2, 0.25) is 5.91 Å². The summed E-state index contributed by atoms with van der Waals surface area (Å²) in [6.45, 7) is 5.58. The Morgan fingerprint density at radius 3 is 2.67 bits per heavy atom. The molecule has 0 N–H and O–H groups in total. The van der Waals surface area contributed by atoms with E-state index in [-0.39, 0.29) is 5.91 Å². The summed E-state index contributed by atoms with van der Waals surface area (Å²) in [5.74, 6) is 2.02. The van der Waals surface area contributed by atoms with E-state index in [4.69, 9.17) is 4.42 Å². The largest absolute Gasteiger partial charge is 0.467 e. The fourth-order valence-electron chi connectivity index (χ4n) is 2.89. The van der Waals surface area contributed by atoms with Crippen LogP contribution in [0.15, 0.2) is 35.2 Å². The molecule has 1 aliphatic rings. The zero-order valence-corrected chi connectivity index (χ0v) is 14.4. The van der Waals surface area contributed by atoms with E-state index in [0.29, 0.717) is 13.1 Å². The van der Waals surface area contributed by atoms with Crippen LogP contribution >= 0.6 is 0 Å². The Labute approximate surface area is 142 Å². The second-order valence-electron chi connectivity index (χ2n) is 6.34. The van der Waals surface area contributed by atoms with Gasteiger partial charge in [0, 0.05) is 52.7 Å². The molecule has 0 bridgehead atoms. The number of amides is 1. The fraction of sp³-hybridized carbons (Fsp3) is 0.529. The van der Waals surface area contributed by atoms with Crippen molar-refractivity contribution in [1.29, 1.82) is 0 Å². The van der Waals surface area contributed by atoms with Crippen LogP contribution in [-0.2, 0) is 24.9 Å². The zero-order chi connectivity index (χ0) is 16.9. The Balaban J connectivity index is 1.41. The molecule has 1 fully saturated rings. The highest BCUT2D eigenvalue weighted by molar-refractivity contribution is 5.77. The lowest BCUT2D eigenvalue weighted by Gasteiger charge is -2.34. The number of imidazole rings is 1. The maximum Gasteiger partial charge on any atom is 0.236 e. The number of hydrogen-bond acceptors (Lipinski definition) is 5. The van der Waals surface area contributed by atoms with Crippen molar-refractivity contribution in [1.82, 2.24) is 24.3 Å². The average Bonchev–Trinajstić information content (AvgIpc) is 3.21. The number of carbonyl (C=O) groups is 1. The van der Waals surface area contributed by atoms with Crippen molar-refractivity contribution < 1.29 is 9.21 Å². The van der Waals surface area contributed by atoms with Gasteiger partial charge in [0.1, 0.15) is 11.6 Å². The minimum atomic E-state index is 0.129. The third kappa shape index (κ3) is 4.24. The first-order valence-electron chi connectivity index (χ1n) is 8.29. The van der Waals surface area contributed by atoms with Crippen molar-refractivity contribution in [2.45, 2.75) is 13.1 Å². The van der Waals surface area contributed by atoms with Crippen LogP contribution in [0.3, 0.4) is 0 Å². The van der Waals surface area contributed by atoms with E-state index in [2.05, 4.69) is 19.4 Å². The van der Waals surface area contributed by atoms with Crippen LogP contribution in [0.25, 0.3) is 0 Å². The summed E-state index contributed by atoms with van der Waals surface area (Å²) in [6.07, 6.45) is 5.44. The quantitative estimate of drug-likeness (QED) is 0.783. The first-order chi connectivity index (χ1) is 11.6. The molecule has 3 heterocycles. The first kappa shape index (κ1) is 16.7. The predicted octanol–water partition coefficient (Wildman–Crippen LogP) is 0.789. The lowest BCUT2D eigenvalue weighted by atomic mass is 10.3. The second-order valence-corrected chi connectivity index (χ2v) is 6.34. The number of furan rings is 1. The zero-order valence-electron chi connectivity index (χ0n) is 14.4. The highest BCUT2D eigenvalue weighted by Crippen LogP contribution is 2.08. The highest BCUT2D eigenvalue weighted by atomic mass is 16.3. The number of hydrogen-bond donors (Lipinski definition) is 0. The van der Waals surface area contributed by atoms with Gasteiger partial charge >= 0.3 is 0 Å². The third-order valence-corrected chi connectivity index (χ3v) is 4.51. The second kappa shape index (κ2) is 7.63. The molecule has 0 saturated carbocycles. The van der Waals surface area contributed by atoms with Crippen molar-refractivity contribution in [3.8, 4) is 0 Å². The summed E-state index contributed by atoms with van der Waals surface area (Å²) in [5.41, 5.74) is 0. The van der Waals surface area contributed by atoms with Gasteiger partial charge in [-0.25, -0.2) is 4.98 Å². The number of nitrogens with zero attached hydrogens (tertiary/aromatic N) is 5. The molecule has 0 spiro atoms. The van der Waals surface area contributed by atoms with Gasteiger partial charge in [0.05, 0.1) is 25.9 Å². The summed E-state index contributed by atoms with van der Waals surface area (Å²) >= 11 is 0. The van der Waals surface area contributed by atoms with Crippen molar-refractivity contribution in [3.63, 3.8) is 0 Å². The summed E-state index contributed by atoms with van der Waals surface area (Å²) < 4.78 is 7.35. The molecule has 3 rings (SSSR count). The Morgan fingerprint density at radius 2 is 2.04 bits per heavy atom. The molecule has 24 heavy (non-hydrogen) atoms. The molecule has 0 unspecified atom stereocenters. The Bertz CT molecular complexity index is 644. The van der Waals surface area contributed by atoms with Crippen molar-refractivity contribution in [2.75, 3.05) is 39.8 Å². The number of rotatable bonds is 6. The molecule has 2 aromatic rings. The first-order valence-corrected chi connectivity index (χ1v) is 8.29. The third-order valence-electron chi connectivity index (χ3n) is 4.51. The lowest BCUT2D eigenvalue weighted by molar-refractivity contribution is -0.132. The van der Waals surface area contributed by atoms with Crippen LogP contribution in [-0.4, -0.2) is 69.9 Å². The monoisotopic (exact) mass is 331 g/mol. The molecule has 7 nitrogen and oxygen atoms in total. The summed E-state index contributed by atoms with van der Waals surface area (Å²) in [6, 6.07) is 3.73. The number of piperazine rings is 1. The number of carbonyl (C=O) groups excluding carboxylic acids is 1. The van der Waals surface area contributed by atoms with E-state index < -0.39 is 0 Å². The number of likely N-dealkylation sites (N-methyl/N-ethyl adjacent to an activating group) is 1. The highest BCUT2D eigenvalue weighted by Gasteiger charge is 2.21. The smallest absolute Gasteiger partial charge is 0.236 e. The number of aryl methyl sites for hydroxylation is 1. The maximum atomic E-state index is 12.3. The molecule has 7 heteroatoms. The topological polar surface area (TPSA) is 57.8 Å². The average molecular weight is 331 g/mol. The van der Waals surface area contributed by atoms with Gasteiger partial charge in [0.25, 0.3) is 0 Å². The van der Waals surface area contributed by atoms with Gasteiger partial charge in [-0.15, -0.1) is 0 Å². The van der Waals surface area contributed by atoms with Crippen molar-refractivity contribution in [3.05, 3.63) is 42.4 Å². The summed E-state index contributed by atoms with van der Waals surface area (Å²) in [7, 11) is 3.84. The van der Waals surface area contributed by atoms with Gasteiger partial charge in [-0.2, -0.15) is 0 Å². The van der Waals surface area contributed by atoms with E-state index in [9.17, 15) is 4.79 Å². The standard InChI is InChI=1S/C17H25N5O2/c1-19-6-5-18-16(19)13-21-7-9-22(10-8-21)14-17(23)20(2)12-15-4-3-11-24-15/h3-6,11H,7-10,12-14H2,1-2H3. The molecule has 1 aliphatic heterocycles. The van der Waals surface area contributed by atoms with Crippen LogP contribution in [0, 0.1) is 0 Å². The van der Waals surface area contributed by atoms with E-state index in [1.165, 1.54) is 0 Å². The molecule has 0 aliphatic carbocycles. The molecule has 1 saturated heterocycles. The lowest BCUT2D eigenvalue weighted by Crippen LogP contribution is -2.49. The molecular formula is C17H25N5O2. The van der Waals surface area contributed by atoms with Crippen LogP contribution < -0.4 is 0 Å². The van der Waals surface area contributed by atoms with Crippen LogP contribution in [0.5, 0.6) is 0 Å². The van der Waals surface area contributed by atoms with E-state index in [0.717, 1.165) is 44.3 Å². The van der Waals surface area contributed by atoms with Gasteiger partial charge in [-0.3, -0.25) is 14.6 Å². The number of aromatic nitrogens is 2. The van der Waals surface area contributed by atoms with Crippen LogP contribution in [0.1, 0.15) is 11.6 Å². The molecule has 130 valence electrons. The van der Waals surface area contributed by atoms with Crippen LogP contribution in [0.2, 0.25) is 0 Å². The Morgan fingerprint density at radius 1 is 1.29 bits per heavy atom. The molecule has 0 radical (unpaired) electrons. The SMILES string of the molecule is CN(Cc1ccco1)C(=O)CN1CCN(Cc2nccn2C)CC1. The van der Waals surface area contributed by atoms with Gasteiger partial charge in [0.15, 0.2) is 0 Å². The van der Waals surface area contributed by atoms with Crippen molar-refractivity contribution in [2.24, 2.45) is 7.05 Å². The summed E-state index contributed by atoms with van der Waals surface area (Å²) in [4.78, 5) is 23.0. The maximum absolute atomic E-state index is 12.3. The predicted molar refractivity (Wildman–Crippen MR) is 90.1 cm³/mol. The minimum absolute atomic E-state index is 0.129. The summed E-state index contributed by atoms with van der Waals surface area (Å²) in [5, 5.41) is 0. The van der Waals surface area contributed by atoms with Crippen molar-refractivity contribution >= 4 is 5.91 Å². The molecule has 0 aromatic carbocycles. The Hall–Kier alpha value is -2.12. The molecular weight excluding hydrogens is 306 g/mol. The van der Waals surface area contributed by atoms with Crippen LogP contribution in [0.4, 0.5) is 0 Å². The van der Waals surface area contributed by atoms with Gasteiger partial charge < -0.3 is 13.9 Å². The molecule has 2 aromatic heterocycles. The van der Waals surface area contributed by atoms with E-state index in [1.54, 1.807) is 11.2 Å². The fourth-order valence-corrected chi connectivity index (χ4v) is 2.89. The Kier molecular flexibility index (Phi) is 5.32. The van der Waals surface area contributed by atoms with Gasteiger partial charge in [-0.05, 0) is 12.1 Å².